The monoisotopic (exact) mass is 290 g/mol. The van der Waals surface area contributed by atoms with Crippen molar-refractivity contribution >= 4 is 34.6 Å². The van der Waals surface area contributed by atoms with E-state index in [9.17, 15) is 10.1 Å². The van der Waals surface area contributed by atoms with Gasteiger partial charge in [0.25, 0.3) is 5.69 Å². The summed E-state index contributed by atoms with van der Waals surface area (Å²) in [7, 11) is 0. The van der Waals surface area contributed by atoms with Crippen LogP contribution >= 0.6 is 23.2 Å². The maximum atomic E-state index is 11.0. The summed E-state index contributed by atoms with van der Waals surface area (Å²) < 4.78 is 5.32. The lowest BCUT2D eigenvalue weighted by atomic mass is 10.1. The van der Waals surface area contributed by atoms with Gasteiger partial charge >= 0.3 is 0 Å². The van der Waals surface area contributed by atoms with Crippen molar-refractivity contribution in [1.29, 1.82) is 0 Å². The van der Waals surface area contributed by atoms with E-state index in [0.29, 0.717) is 17.3 Å². The molecule has 1 aromatic carbocycles. The first-order chi connectivity index (χ1) is 8.58. The lowest BCUT2D eigenvalue weighted by Gasteiger charge is -2.24. The molecule has 1 unspecified atom stereocenters. The van der Waals surface area contributed by atoms with Gasteiger partial charge in [-0.25, -0.2) is 0 Å². The van der Waals surface area contributed by atoms with Crippen LogP contribution in [-0.2, 0) is 4.74 Å². The topological polar surface area (TPSA) is 64.4 Å². The molecule has 1 heterocycles. The van der Waals surface area contributed by atoms with E-state index in [1.54, 1.807) is 0 Å². The Balaban J connectivity index is 2.24. The van der Waals surface area contributed by atoms with Crippen molar-refractivity contribution < 1.29 is 9.66 Å². The molecule has 1 atom stereocenters. The fraction of sp³-hybridized carbons (Fsp3) is 0.455. The zero-order chi connectivity index (χ0) is 13.1. The van der Waals surface area contributed by atoms with Crippen LogP contribution in [-0.4, -0.2) is 24.2 Å². The molecule has 1 aliphatic rings. The van der Waals surface area contributed by atoms with Crippen LogP contribution in [0.15, 0.2) is 12.1 Å². The van der Waals surface area contributed by atoms with Crippen LogP contribution in [0.25, 0.3) is 0 Å². The van der Waals surface area contributed by atoms with E-state index in [0.717, 1.165) is 19.4 Å². The number of nitro benzene ring substituents is 1. The Hall–Kier alpha value is -1.04. The summed E-state index contributed by atoms with van der Waals surface area (Å²) >= 11 is 11.7. The van der Waals surface area contributed by atoms with Crippen molar-refractivity contribution in [1.82, 2.24) is 0 Å². The second-order valence-electron chi connectivity index (χ2n) is 4.10. The van der Waals surface area contributed by atoms with Crippen LogP contribution in [0.5, 0.6) is 0 Å². The van der Waals surface area contributed by atoms with E-state index in [4.69, 9.17) is 27.9 Å². The molecule has 1 fully saturated rings. The highest BCUT2D eigenvalue weighted by Gasteiger charge is 2.21. The molecule has 0 bridgehead atoms. The van der Waals surface area contributed by atoms with Crippen molar-refractivity contribution in [3.63, 3.8) is 0 Å². The summed E-state index contributed by atoms with van der Waals surface area (Å²) in [5.74, 6) is 0. The number of nitrogens with one attached hydrogen (secondary N) is 1. The minimum atomic E-state index is -0.478. The molecular weight excluding hydrogens is 279 g/mol. The van der Waals surface area contributed by atoms with Crippen molar-refractivity contribution in [2.75, 3.05) is 18.5 Å². The number of hydrogen-bond acceptors (Lipinski definition) is 4. The number of rotatable bonds is 3. The molecule has 2 rings (SSSR count). The first kappa shape index (κ1) is 13.4. The van der Waals surface area contributed by atoms with E-state index in [1.165, 1.54) is 12.1 Å². The second kappa shape index (κ2) is 5.73. The molecule has 0 aromatic heterocycles. The quantitative estimate of drug-likeness (QED) is 0.684. The average molecular weight is 291 g/mol. The largest absolute Gasteiger partial charge is 0.379 e. The molecule has 98 valence electrons. The van der Waals surface area contributed by atoms with Crippen molar-refractivity contribution in [2.24, 2.45) is 0 Å². The summed E-state index contributed by atoms with van der Waals surface area (Å²) in [5, 5.41) is 14.5. The molecule has 7 heteroatoms. The summed E-state index contributed by atoms with van der Waals surface area (Å²) in [4.78, 5) is 10.5. The summed E-state index contributed by atoms with van der Waals surface area (Å²) in [6.45, 7) is 1.28. The predicted molar refractivity (Wildman–Crippen MR) is 70.6 cm³/mol. The molecular formula is C11H12Cl2N2O3. The van der Waals surface area contributed by atoms with E-state index in [-0.39, 0.29) is 16.8 Å². The van der Waals surface area contributed by atoms with Crippen LogP contribution in [0.1, 0.15) is 12.8 Å². The molecule has 0 amide bonds. The highest BCUT2D eigenvalue weighted by atomic mass is 35.5. The summed E-state index contributed by atoms with van der Waals surface area (Å²) in [5.41, 5.74) is 0.305. The molecule has 1 aromatic rings. The lowest BCUT2D eigenvalue weighted by Crippen LogP contribution is -2.30. The Morgan fingerprint density at radius 2 is 2.11 bits per heavy atom. The maximum absolute atomic E-state index is 11.0. The van der Waals surface area contributed by atoms with E-state index in [1.807, 2.05) is 0 Å². The van der Waals surface area contributed by atoms with Gasteiger partial charge in [-0.05, 0) is 18.9 Å². The van der Waals surface area contributed by atoms with Gasteiger partial charge in [0.1, 0.15) is 5.69 Å². The number of nitro groups is 1. The Labute approximate surface area is 114 Å². The van der Waals surface area contributed by atoms with E-state index in [2.05, 4.69) is 5.32 Å². The molecule has 0 radical (unpaired) electrons. The van der Waals surface area contributed by atoms with Gasteiger partial charge in [-0.15, -0.1) is 0 Å². The number of halogens is 2. The number of ether oxygens (including phenoxy) is 1. The number of anilines is 1. The highest BCUT2D eigenvalue weighted by Crippen LogP contribution is 2.34. The van der Waals surface area contributed by atoms with E-state index >= 15 is 0 Å². The third kappa shape index (κ3) is 3.04. The van der Waals surface area contributed by atoms with Gasteiger partial charge in [0.05, 0.1) is 21.6 Å². The standard InChI is InChI=1S/C11H12Cl2N2O3/c12-8-4-10(11(15(16)17)5-9(8)13)14-7-2-1-3-18-6-7/h4-5,7,14H,1-3,6H2. The third-order valence-corrected chi connectivity index (χ3v) is 3.48. The number of nitrogens with zero attached hydrogens (tertiary/aromatic N) is 1. The Bertz CT molecular complexity index is 462. The highest BCUT2D eigenvalue weighted by molar-refractivity contribution is 6.42. The maximum Gasteiger partial charge on any atom is 0.293 e. The molecule has 1 saturated heterocycles. The zero-order valence-electron chi connectivity index (χ0n) is 9.49. The second-order valence-corrected chi connectivity index (χ2v) is 4.91. The summed E-state index contributed by atoms with van der Waals surface area (Å²) in [6.07, 6.45) is 1.85. The molecule has 1 N–H and O–H groups in total. The van der Waals surface area contributed by atoms with Gasteiger partial charge in [-0.2, -0.15) is 0 Å². The van der Waals surface area contributed by atoms with Crippen LogP contribution in [0.2, 0.25) is 10.0 Å². The SMILES string of the molecule is O=[N+]([O-])c1cc(Cl)c(Cl)cc1NC1CCCOC1. The van der Waals surface area contributed by atoms with Gasteiger partial charge in [-0.3, -0.25) is 10.1 Å². The fourth-order valence-electron chi connectivity index (χ4n) is 1.88. The Morgan fingerprint density at radius 3 is 2.72 bits per heavy atom. The van der Waals surface area contributed by atoms with Gasteiger partial charge in [0.2, 0.25) is 0 Å². The molecule has 18 heavy (non-hydrogen) atoms. The average Bonchev–Trinajstić information content (AvgIpc) is 2.34. The first-order valence-corrected chi connectivity index (χ1v) is 6.31. The molecule has 0 saturated carbocycles. The van der Waals surface area contributed by atoms with E-state index < -0.39 is 4.92 Å². The minimum absolute atomic E-state index is 0.0645. The number of benzene rings is 1. The van der Waals surface area contributed by atoms with Crippen LogP contribution in [0, 0.1) is 10.1 Å². The van der Waals surface area contributed by atoms with Crippen LogP contribution in [0.4, 0.5) is 11.4 Å². The lowest BCUT2D eigenvalue weighted by molar-refractivity contribution is -0.384. The van der Waals surface area contributed by atoms with Crippen LogP contribution < -0.4 is 5.32 Å². The molecule has 1 aliphatic heterocycles. The van der Waals surface area contributed by atoms with Gasteiger partial charge in [0.15, 0.2) is 0 Å². The van der Waals surface area contributed by atoms with Crippen molar-refractivity contribution in [3.8, 4) is 0 Å². The van der Waals surface area contributed by atoms with Crippen molar-refractivity contribution in [2.45, 2.75) is 18.9 Å². The van der Waals surface area contributed by atoms with Gasteiger partial charge in [0, 0.05) is 18.7 Å². The van der Waals surface area contributed by atoms with Gasteiger partial charge in [-0.1, -0.05) is 23.2 Å². The van der Waals surface area contributed by atoms with Crippen molar-refractivity contribution in [3.05, 3.63) is 32.3 Å². The molecule has 0 aliphatic carbocycles. The molecule has 5 nitrogen and oxygen atoms in total. The minimum Gasteiger partial charge on any atom is -0.379 e. The third-order valence-electron chi connectivity index (χ3n) is 2.76. The predicted octanol–water partition coefficient (Wildman–Crippen LogP) is 3.49. The Morgan fingerprint density at radius 1 is 1.39 bits per heavy atom. The first-order valence-electron chi connectivity index (χ1n) is 5.55. The zero-order valence-corrected chi connectivity index (χ0v) is 11.0. The normalized spacial score (nSPS) is 19.6. The summed E-state index contributed by atoms with van der Waals surface area (Å²) in [6, 6.07) is 2.81. The smallest absolute Gasteiger partial charge is 0.293 e. The van der Waals surface area contributed by atoms with Gasteiger partial charge < -0.3 is 10.1 Å². The number of hydrogen-bond donors (Lipinski definition) is 1. The fourth-order valence-corrected chi connectivity index (χ4v) is 2.20. The molecule has 0 spiro atoms. The van der Waals surface area contributed by atoms with Crippen LogP contribution in [0.3, 0.4) is 0 Å². The Kier molecular flexibility index (Phi) is 4.27.